The Bertz CT molecular complexity index is 2210. The van der Waals surface area contributed by atoms with E-state index in [-0.39, 0.29) is 39.0 Å². The first-order chi connectivity index (χ1) is 22.6. The van der Waals surface area contributed by atoms with Crippen molar-refractivity contribution in [2.24, 2.45) is 0 Å². The van der Waals surface area contributed by atoms with E-state index in [0.717, 1.165) is 5.56 Å². The monoisotopic (exact) mass is 664 g/mol. The molecule has 0 aliphatic rings. The van der Waals surface area contributed by atoms with E-state index >= 15 is 0 Å². The molecule has 0 bridgehead atoms. The molecule has 0 saturated heterocycles. The third-order valence-corrected chi connectivity index (χ3v) is 9.66. The molecule has 0 spiro atoms. The van der Waals surface area contributed by atoms with Crippen LogP contribution < -0.4 is 0 Å². The predicted molar refractivity (Wildman–Crippen MR) is 178 cm³/mol. The van der Waals surface area contributed by atoms with Crippen LogP contribution in [0.3, 0.4) is 0 Å². The Morgan fingerprint density at radius 1 is 0.745 bits per heavy atom. The number of carbonyl (C=O) groups excluding carboxylic acids is 2. The van der Waals surface area contributed by atoms with Crippen LogP contribution in [0.25, 0.3) is 22.6 Å². The van der Waals surface area contributed by atoms with Crippen molar-refractivity contribution in [3.05, 3.63) is 142 Å². The maximum Gasteiger partial charge on any atom is 0.359 e. The molecule has 9 nitrogen and oxygen atoms in total. The molecule has 2 heterocycles. The summed E-state index contributed by atoms with van der Waals surface area (Å²) in [5.74, 6) is -1.62. The molecule has 0 aliphatic heterocycles. The number of carbonyl (C=O) groups is 2. The molecular weight excluding hydrogens is 636 g/mol. The average Bonchev–Trinajstić information content (AvgIpc) is 3.66. The number of ether oxygens (including phenoxy) is 1. The third-order valence-electron chi connectivity index (χ3n) is 7.59. The van der Waals surface area contributed by atoms with Crippen molar-refractivity contribution in [1.82, 2.24) is 19.6 Å². The van der Waals surface area contributed by atoms with E-state index in [1.165, 1.54) is 21.5 Å². The lowest BCUT2D eigenvalue weighted by Crippen LogP contribution is -2.15. The maximum atomic E-state index is 14.9. The van der Waals surface area contributed by atoms with Crippen molar-refractivity contribution < 1.29 is 22.7 Å². The fourth-order valence-electron chi connectivity index (χ4n) is 5.32. The molecule has 6 aromatic rings. The number of benzene rings is 4. The Morgan fingerprint density at radius 3 is 1.91 bits per heavy atom. The number of rotatable bonds is 9. The molecule has 0 saturated carbocycles. The molecule has 0 fully saturated rings. The Labute approximate surface area is 276 Å². The predicted octanol–water partition coefficient (Wildman–Crippen LogP) is 7.24. The number of nitrogens with zero attached hydrogens (tertiary/aromatic N) is 4. The summed E-state index contributed by atoms with van der Waals surface area (Å²) in [4.78, 5) is 27.8. The lowest BCUT2D eigenvalue weighted by molar-refractivity contribution is 0.0516. The summed E-state index contributed by atoms with van der Waals surface area (Å²) in [6, 6.07) is 30.7. The van der Waals surface area contributed by atoms with E-state index in [0.29, 0.717) is 27.7 Å². The number of halogens is 1. The van der Waals surface area contributed by atoms with Crippen LogP contribution in [0.5, 0.6) is 0 Å². The Morgan fingerprint density at radius 2 is 1.30 bits per heavy atom. The van der Waals surface area contributed by atoms with E-state index in [9.17, 15) is 18.0 Å². The normalized spacial score (nSPS) is 11.4. The summed E-state index contributed by atoms with van der Waals surface area (Å²) in [7, 11) is -4.38. The second kappa shape index (κ2) is 12.8. The summed E-state index contributed by atoms with van der Waals surface area (Å²) < 4.78 is 37.4. The highest BCUT2D eigenvalue weighted by molar-refractivity contribution is 7.91. The van der Waals surface area contributed by atoms with Gasteiger partial charge in [0.15, 0.2) is 11.4 Å². The first-order valence-corrected chi connectivity index (χ1v) is 16.6. The largest absolute Gasteiger partial charge is 0.461 e. The summed E-state index contributed by atoms with van der Waals surface area (Å²) in [5, 5.41) is 9.66. The molecule has 0 amide bonds. The second-order valence-electron chi connectivity index (χ2n) is 10.7. The van der Waals surface area contributed by atoms with Crippen LogP contribution >= 0.6 is 11.6 Å². The first-order valence-electron chi connectivity index (χ1n) is 14.7. The fraction of sp³-hybridized carbons (Fsp3) is 0.111. The topological polar surface area (TPSA) is 113 Å². The maximum absolute atomic E-state index is 14.9. The van der Waals surface area contributed by atoms with Crippen molar-refractivity contribution in [2.75, 3.05) is 6.61 Å². The van der Waals surface area contributed by atoms with Gasteiger partial charge in [-0.15, -0.1) is 0 Å². The molecule has 0 atom stereocenters. The van der Waals surface area contributed by atoms with Crippen LogP contribution in [-0.2, 0) is 14.6 Å². The molecule has 0 N–H and O–H groups in total. The van der Waals surface area contributed by atoms with Crippen LogP contribution in [0.15, 0.2) is 119 Å². The van der Waals surface area contributed by atoms with Crippen molar-refractivity contribution in [2.45, 2.75) is 30.6 Å². The van der Waals surface area contributed by atoms with Gasteiger partial charge in [-0.2, -0.15) is 10.2 Å². The molecule has 11 heteroatoms. The van der Waals surface area contributed by atoms with Crippen molar-refractivity contribution >= 4 is 33.2 Å². The van der Waals surface area contributed by atoms with E-state index < -0.39 is 21.6 Å². The van der Waals surface area contributed by atoms with Crippen LogP contribution in [0, 0.1) is 13.8 Å². The van der Waals surface area contributed by atoms with Crippen molar-refractivity contribution in [3.8, 4) is 22.6 Å². The van der Waals surface area contributed by atoms with Gasteiger partial charge in [0.1, 0.15) is 4.90 Å². The number of aromatic nitrogens is 4. The molecule has 6 rings (SSSR count). The average molecular weight is 665 g/mol. The van der Waals surface area contributed by atoms with E-state index in [1.54, 1.807) is 86.6 Å². The number of sulfone groups is 1. The highest BCUT2D eigenvalue weighted by Crippen LogP contribution is 2.38. The van der Waals surface area contributed by atoms with Crippen LogP contribution in [0.4, 0.5) is 0 Å². The van der Waals surface area contributed by atoms with Gasteiger partial charge >= 0.3 is 5.97 Å². The summed E-state index contributed by atoms with van der Waals surface area (Å²) in [6.45, 7) is 5.27. The highest BCUT2D eigenvalue weighted by Gasteiger charge is 2.38. The van der Waals surface area contributed by atoms with Gasteiger partial charge in [-0.3, -0.25) is 4.79 Å². The SMILES string of the molecule is CCOC(=O)c1nn(-c2ccc(C)cc2)c(C)c1C(=O)c1nn(-c2ccc(Cl)cc2)c(-c2ccccc2)c1S(=O)(=O)c1ccccc1. The zero-order chi connectivity index (χ0) is 33.3. The summed E-state index contributed by atoms with van der Waals surface area (Å²) in [5.41, 5.74) is 2.32. The lowest BCUT2D eigenvalue weighted by atomic mass is 10.0. The summed E-state index contributed by atoms with van der Waals surface area (Å²) in [6.07, 6.45) is 0. The number of esters is 1. The van der Waals surface area contributed by atoms with Crippen molar-refractivity contribution in [1.29, 1.82) is 0 Å². The molecule has 0 radical (unpaired) electrons. The number of hydrogen-bond acceptors (Lipinski definition) is 7. The smallest absolute Gasteiger partial charge is 0.359 e. The van der Waals surface area contributed by atoms with Crippen molar-refractivity contribution in [3.63, 3.8) is 0 Å². The first kappa shape index (κ1) is 31.7. The Kier molecular flexibility index (Phi) is 8.63. The number of aryl methyl sites for hydroxylation is 1. The molecule has 2 aromatic heterocycles. The van der Waals surface area contributed by atoms with Gasteiger partial charge in [0, 0.05) is 10.6 Å². The zero-order valence-corrected chi connectivity index (χ0v) is 27.3. The van der Waals surface area contributed by atoms with Gasteiger partial charge in [-0.25, -0.2) is 22.6 Å². The molecule has 236 valence electrons. The van der Waals surface area contributed by atoms with Gasteiger partial charge in [0.2, 0.25) is 15.6 Å². The summed E-state index contributed by atoms with van der Waals surface area (Å²) >= 11 is 6.19. The lowest BCUT2D eigenvalue weighted by Gasteiger charge is -2.11. The fourth-order valence-corrected chi connectivity index (χ4v) is 7.04. The van der Waals surface area contributed by atoms with E-state index in [1.807, 2.05) is 31.2 Å². The third kappa shape index (κ3) is 5.89. The minimum Gasteiger partial charge on any atom is -0.461 e. The molecule has 47 heavy (non-hydrogen) atoms. The minimum absolute atomic E-state index is 0.0282. The van der Waals surface area contributed by atoms with Gasteiger partial charge in [0.25, 0.3) is 0 Å². The Balaban J connectivity index is 1.69. The molecule has 0 unspecified atom stereocenters. The van der Waals surface area contributed by atoms with Gasteiger partial charge in [0.05, 0.1) is 39.8 Å². The van der Waals surface area contributed by atoms with E-state index in [4.69, 9.17) is 21.4 Å². The molecule has 0 aliphatic carbocycles. The van der Waals surface area contributed by atoms with Gasteiger partial charge in [-0.05, 0) is 69.3 Å². The highest BCUT2D eigenvalue weighted by atomic mass is 35.5. The number of hydrogen-bond donors (Lipinski definition) is 0. The van der Waals surface area contributed by atoms with Crippen LogP contribution in [0.2, 0.25) is 5.02 Å². The van der Waals surface area contributed by atoms with Crippen LogP contribution in [0.1, 0.15) is 44.7 Å². The Hall–Kier alpha value is -5.32. The minimum atomic E-state index is -4.38. The number of ketones is 1. The van der Waals surface area contributed by atoms with Crippen LogP contribution in [-0.4, -0.2) is 46.3 Å². The molecular formula is C36H29ClN4O5S. The molecule has 4 aromatic carbocycles. The van der Waals surface area contributed by atoms with Gasteiger partial charge in [-0.1, -0.05) is 77.8 Å². The van der Waals surface area contributed by atoms with E-state index in [2.05, 4.69) is 5.10 Å². The zero-order valence-electron chi connectivity index (χ0n) is 25.7. The van der Waals surface area contributed by atoms with Gasteiger partial charge < -0.3 is 4.74 Å². The quantitative estimate of drug-likeness (QED) is 0.118. The second-order valence-corrected chi connectivity index (χ2v) is 13.0. The standard InChI is InChI=1S/C36H29ClN4O5S/c1-4-46-36(43)31-30(24(3)40(38-31)27-19-15-23(2)16-20-27)34(42)32-35(47(44,45)29-13-9-6-10-14-29)33(25-11-7-5-8-12-25)41(39-32)28-21-17-26(37)18-22-28/h5-22H,4H2,1-3H3.